The van der Waals surface area contributed by atoms with Crippen molar-refractivity contribution in [3.63, 3.8) is 0 Å². The maximum absolute atomic E-state index is 15.0. The highest BCUT2D eigenvalue weighted by molar-refractivity contribution is 6.31. The molecule has 0 aliphatic rings. The minimum Gasteiger partial charge on any atom is -0.396 e. The Kier molecular flexibility index (Phi) is 4.95. The van der Waals surface area contributed by atoms with Gasteiger partial charge in [-0.1, -0.05) is 41.9 Å². The largest absolute Gasteiger partial charge is 0.396 e. The number of benzene rings is 2. The van der Waals surface area contributed by atoms with Crippen molar-refractivity contribution < 1.29 is 4.39 Å². The lowest BCUT2D eigenvalue weighted by Gasteiger charge is -2.11. The summed E-state index contributed by atoms with van der Waals surface area (Å²) in [5.41, 5.74) is 8.52. The number of rotatable bonds is 5. The van der Waals surface area contributed by atoms with Gasteiger partial charge in [0, 0.05) is 29.4 Å². The standard InChI is InChI=1S/C19H20ClFN4/c1-12(2)25-11-16(22)19(24-25)15-8-14(20)9-17(18(15)21)23-10-13-6-4-3-5-7-13/h3-9,11-12,23H,10,22H2,1-2H3. The molecule has 130 valence electrons. The molecule has 2 aromatic carbocycles. The van der Waals surface area contributed by atoms with E-state index in [9.17, 15) is 0 Å². The van der Waals surface area contributed by atoms with Crippen molar-refractivity contribution in [3.8, 4) is 11.3 Å². The molecule has 6 heteroatoms. The quantitative estimate of drug-likeness (QED) is 0.665. The molecule has 0 radical (unpaired) electrons. The molecule has 25 heavy (non-hydrogen) atoms. The van der Waals surface area contributed by atoms with Crippen LogP contribution in [0, 0.1) is 5.82 Å². The first-order valence-electron chi connectivity index (χ1n) is 8.07. The maximum atomic E-state index is 15.0. The lowest BCUT2D eigenvalue weighted by Crippen LogP contribution is -2.04. The second-order valence-electron chi connectivity index (χ2n) is 6.16. The van der Waals surface area contributed by atoms with Gasteiger partial charge in [0.25, 0.3) is 0 Å². The number of nitrogen functional groups attached to an aromatic ring is 1. The predicted octanol–water partition coefficient (Wildman–Crippen LogP) is 5.12. The van der Waals surface area contributed by atoms with Crippen molar-refractivity contribution >= 4 is 23.0 Å². The Labute approximate surface area is 151 Å². The van der Waals surface area contributed by atoms with Crippen LogP contribution in [0.4, 0.5) is 15.8 Å². The number of hydrogen-bond acceptors (Lipinski definition) is 3. The minimum atomic E-state index is -0.416. The number of nitrogens with one attached hydrogen (secondary N) is 1. The molecule has 0 saturated carbocycles. The summed E-state index contributed by atoms with van der Waals surface area (Å²) >= 11 is 6.19. The summed E-state index contributed by atoms with van der Waals surface area (Å²) in [4.78, 5) is 0. The summed E-state index contributed by atoms with van der Waals surface area (Å²) in [5, 5.41) is 7.92. The molecule has 3 aromatic rings. The predicted molar refractivity (Wildman–Crippen MR) is 101 cm³/mol. The van der Waals surface area contributed by atoms with Crippen LogP contribution >= 0.6 is 11.6 Å². The van der Waals surface area contributed by atoms with Gasteiger partial charge in [-0.2, -0.15) is 5.10 Å². The molecule has 0 amide bonds. The van der Waals surface area contributed by atoms with Crippen LogP contribution in [0.25, 0.3) is 11.3 Å². The van der Waals surface area contributed by atoms with Gasteiger partial charge < -0.3 is 11.1 Å². The van der Waals surface area contributed by atoms with E-state index in [0.29, 0.717) is 34.2 Å². The van der Waals surface area contributed by atoms with E-state index < -0.39 is 5.82 Å². The first-order chi connectivity index (χ1) is 12.0. The summed E-state index contributed by atoms with van der Waals surface area (Å²) in [6.45, 7) is 4.46. The number of nitrogens with zero attached hydrogens (tertiary/aromatic N) is 2. The first kappa shape index (κ1) is 17.3. The van der Waals surface area contributed by atoms with Crippen LogP contribution < -0.4 is 11.1 Å². The summed E-state index contributed by atoms with van der Waals surface area (Å²) in [7, 11) is 0. The third kappa shape index (κ3) is 3.77. The smallest absolute Gasteiger partial charge is 0.155 e. The molecule has 0 spiro atoms. The van der Waals surface area contributed by atoms with Gasteiger partial charge in [-0.25, -0.2) is 4.39 Å². The van der Waals surface area contributed by atoms with E-state index in [1.54, 1.807) is 23.0 Å². The van der Waals surface area contributed by atoms with E-state index >= 15 is 4.39 Å². The Morgan fingerprint density at radius 3 is 2.60 bits per heavy atom. The van der Waals surface area contributed by atoms with Crippen LogP contribution in [0.5, 0.6) is 0 Å². The van der Waals surface area contributed by atoms with Gasteiger partial charge >= 0.3 is 0 Å². The van der Waals surface area contributed by atoms with Crippen LogP contribution in [-0.2, 0) is 6.54 Å². The fourth-order valence-electron chi connectivity index (χ4n) is 2.56. The van der Waals surface area contributed by atoms with E-state index in [-0.39, 0.29) is 6.04 Å². The molecule has 3 N–H and O–H groups in total. The molecule has 0 bridgehead atoms. The fourth-order valence-corrected chi connectivity index (χ4v) is 2.78. The molecule has 3 rings (SSSR count). The molecule has 0 fully saturated rings. The van der Waals surface area contributed by atoms with E-state index in [1.165, 1.54) is 0 Å². The van der Waals surface area contributed by atoms with Gasteiger partial charge in [-0.15, -0.1) is 0 Å². The molecule has 0 aliphatic heterocycles. The van der Waals surface area contributed by atoms with Gasteiger partial charge in [-0.3, -0.25) is 4.68 Å². The SMILES string of the molecule is CC(C)n1cc(N)c(-c2cc(Cl)cc(NCc3ccccc3)c2F)n1. The zero-order valence-corrected chi connectivity index (χ0v) is 14.9. The third-order valence-electron chi connectivity index (χ3n) is 3.91. The molecule has 4 nitrogen and oxygen atoms in total. The highest BCUT2D eigenvalue weighted by Gasteiger charge is 2.18. The number of aromatic nitrogens is 2. The van der Waals surface area contributed by atoms with Crippen LogP contribution in [0.3, 0.4) is 0 Å². The molecule has 0 aliphatic carbocycles. The Morgan fingerprint density at radius 2 is 1.96 bits per heavy atom. The third-order valence-corrected chi connectivity index (χ3v) is 4.13. The molecular weight excluding hydrogens is 339 g/mol. The second-order valence-corrected chi connectivity index (χ2v) is 6.60. The Bertz CT molecular complexity index is 875. The number of nitrogens with two attached hydrogens (primary N) is 1. The average Bonchev–Trinajstić information content (AvgIpc) is 2.98. The summed E-state index contributed by atoms with van der Waals surface area (Å²) in [6, 6.07) is 13.0. The van der Waals surface area contributed by atoms with E-state index in [0.717, 1.165) is 5.56 Å². The van der Waals surface area contributed by atoms with Crippen LogP contribution in [0.15, 0.2) is 48.7 Å². The van der Waals surface area contributed by atoms with Crippen molar-refractivity contribution in [1.82, 2.24) is 9.78 Å². The number of halogens is 2. The van der Waals surface area contributed by atoms with Crippen molar-refractivity contribution in [2.45, 2.75) is 26.4 Å². The Balaban J connectivity index is 1.95. The van der Waals surface area contributed by atoms with Gasteiger partial charge in [0.2, 0.25) is 0 Å². The van der Waals surface area contributed by atoms with E-state index in [4.69, 9.17) is 17.3 Å². The molecular formula is C19H20ClFN4. The zero-order chi connectivity index (χ0) is 18.0. The van der Waals surface area contributed by atoms with Crippen molar-refractivity contribution in [2.24, 2.45) is 0 Å². The molecule has 0 atom stereocenters. The highest BCUT2D eigenvalue weighted by atomic mass is 35.5. The number of anilines is 2. The van der Waals surface area contributed by atoms with Gasteiger partial charge in [0.15, 0.2) is 5.82 Å². The van der Waals surface area contributed by atoms with Gasteiger partial charge in [-0.05, 0) is 31.5 Å². The van der Waals surface area contributed by atoms with Crippen molar-refractivity contribution in [1.29, 1.82) is 0 Å². The monoisotopic (exact) mass is 358 g/mol. The highest BCUT2D eigenvalue weighted by Crippen LogP contribution is 2.34. The fraction of sp³-hybridized carbons (Fsp3) is 0.211. The lowest BCUT2D eigenvalue weighted by molar-refractivity contribution is 0.533. The van der Waals surface area contributed by atoms with Crippen LogP contribution in [0.2, 0.25) is 5.02 Å². The van der Waals surface area contributed by atoms with Gasteiger partial charge in [0.1, 0.15) is 5.69 Å². The summed E-state index contributed by atoms with van der Waals surface area (Å²) < 4.78 is 16.7. The van der Waals surface area contributed by atoms with E-state index in [1.807, 2.05) is 44.2 Å². The molecule has 1 heterocycles. The minimum absolute atomic E-state index is 0.133. The van der Waals surface area contributed by atoms with Crippen LogP contribution in [-0.4, -0.2) is 9.78 Å². The van der Waals surface area contributed by atoms with Crippen molar-refractivity contribution in [2.75, 3.05) is 11.1 Å². The average molecular weight is 359 g/mol. The van der Waals surface area contributed by atoms with Gasteiger partial charge in [0.05, 0.1) is 11.4 Å². The normalized spacial score (nSPS) is 11.1. The number of hydrogen-bond donors (Lipinski definition) is 2. The summed E-state index contributed by atoms with van der Waals surface area (Å²) in [5.74, 6) is -0.416. The zero-order valence-electron chi connectivity index (χ0n) is 14.1. The van der Waals surface area contributed by atoms with Crippen LogP contribution in [0.1, 0.15) is 25.5 Å². The lowest BCUT2D eigenvalue weighted by atomic mass is 10.1. The second kappa shape index (κ2) is 7.15. The topological polar surface area (TPSA) is 55.9 Å². The maximum Gasteiger partial charge on any atom is 0.155 e. The molecule has 0 unspecified atom stereocenters. The Morgan fingerprint density at radius 1 is 1.24 bits per heavy atom. The Hall–Kier alpha value is -2.53. The van der Waals surface area contributed by atoms with E-state index in [2.05, 4.69) is 10.4 Å². The molecule has 1 aromatic heterocycles. The first-order valence-corrected chi connectivity index (χ1v) is 8.45. The van der Waals surface area contributed by atoms with Crippen molar-refractivity contribution in [3.05, 3.63) is 65.1 Å². The summed E-state index contributed by atoms with van der Waals surface area (Å²) in [6.07, 6.45) is 1.71. The molecule has 0 saturated heterocycles.